The molecule has 2 aromatic heterocycles. The first-order valence-corrected chi connectivity index (χ1v) is 9.22. The van der Waals surface area contributed by atoms with Crippen LogP contribution in [0, 0.1) is 0 Å². The van der Waals surface area contributed by atoms with E-state index in [-0.39, 0.29) is 0 Å². The van der Waals surface area contributed by atoms with Crippen LogP contribution in [0.15, 0.2) is 42.7 Å². The Kier molecular flexibility index (Phi) is 4.93. The van der Waals surface area contributed by atoms with Gasteiger partial charge in [0.25, 0.3) is 0 Å². The van der Waals surface area contributed by atoms with E-state index in [9.17, 15) is 0 Å². The summed E-state index contributed by atoms with van der Waals surface area (Å²) in [6, 6.07) is 10.3. The van der Waals surface area contributed by atoms with E-state index in [1.807, 2.05) is 30.6 Å². The van der Waals surface area contributed by atoms with Crippen LogP contribution >= 0.6 is 0 Å². The number of benzene rings is 1. The zero-order chi connectivity index (χ0) is 17.8. The standard InChI is InChI=1S/C20H24N6/c1-2-9-21-20-22-11-15(12-23-20)13-26-10-8-17-18(14-26)25-19(24-17)16-6-4-3-5-7-16/h3-7,11-12H,2,8-10,13-14H2,1H3,(H,24,25)(H,21,22,23). The minimum absolute atomic E-state index is 0.706. The van der Waals surface area contributed by atoms with Crippen LogP contribution in [0.25, 0.3) is 11.4 Å². The van der Waals surface area contributed by atoms with Crippen molar-refractivity contribution < 1.29 is 0 Å². The average molecular weight is 348 g/mol. The lowest BCUT2D eigenvalue weighted by Crippen LogP contribution is -2.30. The highest BCUT2D eigenvalue weighted by Crippen LogP contribution is 2.23. The van der Waals surface area contributed by atoms with Crippen molar-refractivity contribution in [3.05, 3.63) is 59.7 Å². The van der Waals surface area contributed by atoms with Crippen LogP contribution in [0.2, 0.25) is 0 Å². The maximum absolute atomic E-state index is 4.79. The summed E-state index contributed by atoms with van der Waals surface area (Å²) in [5.74, 6) is 1.67. The fraction of sp³-hybridized carbons (Fsp3) is 0.350. The number of nitrogens with zero attached hydrogens (tertiary/aromatic N) is 4. The normalized spacial score (nSPS) is 14.2. The van der Waals surface area contributed by atoms with Crippen LogP contribution in [-0.2, 0) is 19.5 Å². The molecule has 0 spiro atoms. The summed E-state index contributed by atoms with van der Waals surface area (Å²) in [7, 11) is 0. The van der Waals surface area contributed by atoms with Gasteiger partial charge in [-0.1, -0.05) is 37.3 Å². The molecule has 0 fully saturated rings. The highest BCUT2D eigenvalue weighted by molar-refractivity contribution is 5.55. The monoisotopic (exact) mass is 348 g/mol. The highest BCUT2D eigenvalue weighted by atomic mass is 15.2. The van der Waals surface area contributed by atoms with E-state index in [2.05, 4.69) is 44.2 Å². The Morgan fingerprint density at radius 1 is 1.15 bits per heavy atom. The van der Waals surface area contributed by atoms with Crippen molar-refractivity contribution in [1.29, 1.82) is 0 Å². The van der Waals surface area contributed by atoms with Crippen molar-refractivity contribution >= 4 is 5.95 Å². The molecule has 2 N–H and O–H groups in total. The van der Waals surface area contributed by atoms with Gasteiger partial charge in [-0.2, -0.15) is 0 Å². The first-order valence-electron chi connectivity index (χ1n) is 9.22. The second-order valence-electron chi connectivity index (χ2n) is 6.68. The van der Waals surface area contributed by atoms with Gasteiger partial charge in [-0.15, -0.1) is 0 Å². The molecule has 26 heavy (non-hydrogen) atoms. The topological polar surface area (TPSA) is 69.7 Å². The third-order valence-corrected chi connectivity index (χ3v) is 4.60. The Balaban J connectivity index is 1.41. The quantitative estimate of drug-likeness (QED) is 0.716. The minimum Gasteiger partial charge on any atom is -0.354 e. The molecule has 1 aromatic carbocycles. The Morgan fingerprint density at radius 3 is 2.73 bits per heavy atom. The molecule has 6 nitrogen and oxygen atoms in total. The molecular formula is C20H24N6. The Morgan fingerprint density at radius 2 is 1.96 bits per heavy atom. The number of hydrogen-bond donors (Lipinski definition) is 2. The lowest BCUT2D eigenvalue weighted by Gasteiger charge is -2.25. The van der Waals surface area contributed by atoms with Gasteiger partial charge >= 0.3 is 0 Å². The number of aromatic amines is 1. The lowest BCUT2D eigenvalue weighted by atomic mass is 10.1. The number of imidazole rings is 1. The fourth-order valence-electron chi connectivity index (χ4n) is 3.24. The van der Waals surface area contributed by atoms with E-state index in [4.69, 9.17) is 4.98 Å². The number of anilines is 1. The van der Waals surface area contributed by atoms with Crippen LogP contribution < -0.4 is 5.32 Å². The molecule has 0 atom stereocenters. The Hall–Kier alpha value is -2.73. The molecule has 0 amide bonds. The molecular weight excluding hydrogens is 324 g/mol. The fourth-order valence-corrected chi connectivity index (χ4v) is 3.24. The number of nitrogens with one attached hydrogen (secondary N) is 2. The zero-order valence-corrected chi connectivity index (χ0v) is 15.1. The average Bonchev–Trinajstić information content (AvgIpc) is 3.12. The van der Waals surface area contributed by atoms with Crippen molar-refractivity contribution in [1.82, 2.24) is 24.8 Å². The van der Waals surface area contributed by atoms with Crippen LogP contribution in [0.4, 0.5) is 5.95 Å². The summed E-state index contributed by atoms with van der Waals surface area (Å²) in [5.41, 5.74) is 4.68. The molecule has 0 unspecified atom stereocenters. The van der Waals surface area contributed by atoms with E-state index in [1.165, 1.54) is 11.4 Å². The van der Waals surface area contributed by atoms with Gasteiger partial charge in [0.2, 0.25) is 5.95 Å². The van der Waals surface area contributed by atoms with E-state index < -0.39 is 0 Å². The van der Waals surface area contributed by atoms with Crippen molar-refractivity contribution in [2.75, 3.05) is 18.4 Å². The maximum atomic E-state index is 4.79. The van der Waals surface area contributed by atoms with Crippen LogP contribution in [0.1, 0.15) is 30.3 Å². The molecule has 0 radical (unpaired) electrons. The van der Waals surface area contributed by atoms with E-state index in [0.717, 1.165) is 56.0 Å². The predicted molar refractivity (Wildman–Crippen MR) is 103 cm³/mol. The second-order valence-corrected chi connectivity index (χ2v) is 6.68. The first kappa shape index (κ1) is 16.7. The van der Waals surface area contributed by atoms with Gasteiger partial charge in [0.15, 0.2) is 0 Å². The molecule has 1 aliphatic heterocycles. The molecule has 4 rings (SSSR count). The second kappa shape index (κ2) is 7.66. The van der Waals surface area contributed by atoms with Gasteiger partial charge < -0.3 is 10.3 Å². The molecule has 0 aliphatic carbocycles. The lowest BCUT2D eigenvalue weighted by molar-refractivity contribution is 0.241. The van der Waals surface area contributed by atoms with Crippen molar-refractivity contribution in [2.24, 2.45) is 0 Å². The van der Waals surface area contributed by atoms with Gasteiger partial charge in [0.05, 0.1) is 11.4 Å². The van der Waals surface area contributed by atoms with E-state index in [1.54, 1.807) is 0 Å². The molecule has 3 heterocycles. The van der Waals surface area contributed by atoms with Crippen molar-refractivity contribution in [3.63, 3.8) is 0 Å². The summed E-state index contributed by atoms with van der Waals surface area (Å²) in [6.07, 6.45) is 5.87. The van der Waals surface area contributed by atoms with Gasteiger partial charge in [0, 0.05) is 56.1 Å². The van der Waals surface area contributed by atoms with Crippen LogP contribution in [0.3, 0.4) is 0 Å². The number of hydrogen-bond acceptors (Lipinski definition) is 5. The summed E-state index contributed by atoms with van der Waals surface area (Å²) in [4.78, 5) is 19.5. The molecule has 1 aliphatic rings. The van der Waals surface area contributed by atoms with Gasteiger partial charge in [-0.25, -0.2) is 15.0 Å². The largest absolute Gasteiger partial charge is 0.354 e. The van der Waals surface area contributed by atoms with Crippen molar-refractivity contribution in [2.45, 2.75) is 32.9 Å². The zero-order valence-electron chi connectivity index (χ0n) is 15.1. The maximum Gasteiger partial charge on any atom is 0.222 e. The number of rotatable bonds is 6. The molecule has 6 heteroatoms. The smallest absolute Gasteiger partial charge is 0.222 e. The van der Waals surface area contributed by atoms with Gasteiger partial charge in [-0.05, 0) is 6.42 Å². The third-order valence-electron chi connectivity index (χ3n) is 4.60. The predicted octanol–water partition coefficient (Wildman–Crippen LogP) is 3.25. The summed E-state index contributed by atoms with van der Waals surface area (Å²) in [6.45, 7) is 5.77. The minimum atomic E-state index is 0.706. The molecule has 0 saturated heterocycles. The van der Waals surface area contributed by atoms with E-state index >= 15 is 0 Å². The Labute approximate surface area is 153 Å². The molecule has 3 aromatic rings. The van der Waals surface area contributed by atoms with Crippen LogP contribution in [0.5, 0.6) is 0 Å². The molecule has 0 saturated carbocycles. The SMILES string of the molecule is CCCNc1ncc(CN2CCc3nc(-c4ccccc4)[nH]c3C2)cn1. The number of fused-ring (bicyclic) bond motifs is 1. The van der Waals surface area contributed by atoms with E-state index in [0.29, 0.717) is 5.95 Å². The first-order chi connectivity index (χ1) is 12.8. The van der Waals surface area contributed by atoms with Gasteiger partial charge in [0.1, 0.15) is 5.82 Å². The third kappa shape index (κ3) is 3.75. The Bertz CT molecular complexity index is 840. The highest BCUT2D eigenvalue weighted by Gasteiger charge is 2.20. The molecule has 0 bridgehead atoms. The van der Waals surface area contributed by atoms with Crippen LogP contribution in [-0.4, -0.2) is 37.9 Å². The summed E-state index contributed by atoms with van der Waals surface area (Å²) >= 11 is 0. The van der Waals surface area contributed by atoms with Gasteiger partial charge in [-0.3, -0.25) is 4.90 Å². The molecule has 134 valence electrons. The summed E-state index contributed by atoms with van der Waals surface area (Å²) in [5, 5.41) is 3.21. The number of aromatic nitrogens is 4. The summed E-state index contributed by atoms with van der Waals surface area (Å²) < 4.78 is 0. The van der Waals surface area contributed by atoms with Crippen molar-refractivity contribution in [3.8, 4) is 11.4 Å². The number of H-pyrrole nitrogens is 1.